The summed E-state index contributed by atoms with van der Waals surface area (Å²) in [5.74, 6) is 0.0966. The molecule has 21 heavy (non-hydrogen) atoms. The lowest BCUT2D eigenvalue weighted by Crippen LogP contribution is -2.24. The topological polar surface area (TPSA) is 94.9 Å². The third kappa shape index (κ3) is 2.86. The lowest BCUT2D eigenvalue weighted by molar-refractivity contribution is -0.117. The molecule has 1 amide bonds. The molecule has 1 atom stereocenters. The molecule has 0 bridgehead atoms. The van der Waals surface area contributed by atoms with Crippen LogP contribution in [0.1, 0.15) is 6.42 Å². The molecule has 0 radical (unpaired) electrons. The van der Waals surface area contributed by atoms with Crippen LogP contribution in [-0.4, -0.2) is 29.0 Å². The van der Waals surface area contributed by atoms with Gasteiger partial charge in [0.25, 0.3) is 0 Å². The van der Waals surface area contributed by atoms with Crippen LogP contribution in [0.4, 0.5) is 5.13 Å². The van der Waals surface area contributed by atoms with Gasteiger partial charge in [-0.3, -0.25) is 14.7 Å². The lowest BCUT2D eigenvalue weighted by Gasteiger charge is -2.11. The number of amides is 1. The summed E-state index contributed by atoms with van der Waals surface area (Å²) in [5, 5.41) is 6.15. The first-order valence-electron chi connectivity index (χ1n) is 6.45. The fraction of sp³-hybridized carbons (Fsp3) is 0.308. The molecule has 0 aliphatic carbocycles. The zero-order valence-corrected chi connectivity index (χ0v) is 11.9. The van der Waals surface area contributed by atoms with Crippen LogP contribution in [0.5, 0.6) is 0 Å². The molecule has 2 aromatic rings. The normalized spacial score (nSPS) is 17.8. The molecule has 106 valence electrons. The van der Waals surface area contributed by atoms with E-state index in [1.165, 1.54) is 11.3 Å². The molecule has 1 aliphatic rings. The number of rotatable bonds is 4. The molecule has 0 N–H and O–H groups in total. The average Bonchev–Trinajstić information content (AvgIpc) is 3.12. The number of hydrogen-bond acceptors (Lipinski definition) is 5. The molecule has 1 unspecified atom stereocenters. The molecule has 0 spiro atoms. The van der Waals surface area contributed by atoms with E-state index in [1.807, 2.05) is 17.5 Å². The van der Waals surface area contributed by atoms with Crippen LogP contribution in [0.2, 0.25) is 0 Å². The minimum atomic E-state index is 0.0280. The first-order valence-corrected chi connectivity index (χ1v) is 7.33. The third-order valence-electron chi connectivity index (χ3n) is 3.29. The van der Waals surface area contributed by atoms with Crippen LogP contribution in [0.15, 0.2) is 35.0 Å². The largest absolute Gasteiger partial charge is 0.288 e. The molecule has 0 aromatic carbocycles. The molecule has 7 nitrogen and oxygen atoms in total. The molecular formula is C13H12N6OS. The lowest BCUT2D eigenvalue weighted by atomic mass is 10.1. The van der Waals surface area contributed by atoms with Gasteiger partial charge in [-0.25, -0.2) is 4.98 Å². The van der Waals surface area contributed by atoms with Crippen molar-refractivity contribution in [2.24, 2.45) is 11.0 Å². The highest BCUT2D eigenvalue weighted by atomic mass is 32.1. The second-order valence-corrected chi connectivity index (χ2v) is 5.58. The Hall–Kier alpha value is -2.44. The number of thiazole rings is 1. The summed E-state index contributed by atoms with van der Waals surface area (Å²) in [4.78, 5) is 25.0. The van der Waals surface area contributed by atoms with Crippen molar-refractivity contribution < 1.29 is 4.79 Å². The summed E-state index contributed by atoms with van der Waals surface area (Å²) < 4.78 is 0. The van der Waals surface area contributed by atoms with Gasteiger partial charge in [0.15, 0.2) is 5.13 Å². The van der Waals surface area contributed by atoms with E-state index >= 15 is 0 Å². The van der Waals surface area contributed by atoms with Gasteiger partial charge in [-0.05, 0) is 23.6 Å². The van der Waals surface area contributed by atoms with Crippen molar-refractivity contribution in [2.75, 3.05) is 18.0 Å². The average molecular weight is 300 g/mol. The number of carbonyl (C=O) groups is 1. The summed E-state index contributed by atoms with van der Waals surface area (Å²) in [7, 11) is 0. The van der Waals surface area contributed by atoms with Crippen molar-refractivity contribution in [3.05, 3.63) is 40.3 Å². The van der Waals surface area contributed by atoms with Crippen molar-refractivity contribution in [2.45, 2.75) is 6.42 Å². The Balaban J connectivity index is 1.77. The van der Waals surface area contributed by atoms with Crippen LogP contribution in [0.25, 0.3) is 21.7 Å². The number of azide groups is 1. The molecule has 8 heteroatoms. The van der Waals surface area contributed by atoms with E-state index in [9.17, 15) is 4.79 Å². The molecule has 1 fully saturated rings. The summed E-state index contributed by atoms with van der Waals surface area (Å²) in [6.45, 7) is 0.900. The van der Waals surface area contributed by atoms with Gasteiger partial charge < -0.3 is 0 Å². The fourth-order valence-corrected chi connectivity index (χ4v) is 3.14. The van der Waals surface area contributed by atoms with Gasteiger partial charge in [-0.15, -0.1) is 11.3 Å². The van der Waals surface area contributed by atoms with Crippen LogP contribution in [-0.2, 0) is 4.79 Å². The van der Waals surface area contributed by atoms with E-state index in [0.29, 0.717) is 24.6 Å². The maximum atomic E-state index is 12.0. The monoisotopic (exact) mass is 300 g/mol. The minimum Gasteiger partial charge on any atom is -0.288 e. The molecule has 0 saturated carbocycles. The van der Waals surface area contributed by atoms with Gasteiger partial charge in [0.05, 0.1) is 5.69 Å². The summed E-state index contributed by atoms with van der Waals surface area (Å²) >= 11 is 1.43. The van der Waals surface area contributed by atoms with E-state index in [4.69, 9.17) is 5.53 Å². The Labute approximate surface area is 124 Å². The van der Waals surface area contributed by atoms with Crippen LogP contribution >= 0.6 is 11.3 Å². The van der Waals surface area contributed by atoms with Crippen molar-refractivity contribution >= 4 is 22.4 Å². The zero-order chi connectivity index (χ0) is 14.7. The second kappa shape index (κ2) is 5.90. The smallest absolute Gasteiger partial charge is 0.229 e. The van der Waals surface area contributed by atoms with Crippen LogP contribution in [0.3, 0.4) is 0 Å². The van der Waals surface area contributed by atoms with Crippen molar-refractivity contribution in [1.82, 2.24) is 9.97 Å². The van der Waals surface area contributed by atoms with Gasteiger partial charge in [0.1, 0.15) is 0 Å². The number of pyridine rings is 1. The van der Waals surface area contributed by atoms with E-state index in [1.54, 1.807) is 17.3 Å². The second-order valence-electron chi connectivity index (χ2n) is 4.74. The first-order chi connectivity index (χ1) is 10.3. The van der Waals surface area contributed by atoms with E-state index in [-0.39, 0.29) is 11.8 Å². The van der Waals surface area contributed by atoms with Crippen molar-refractivity contribution in [3.8, 4) is 11.3 Å². The minimum absolute atomic E-state index is 0.0280. The summed E-state index contributed by atoms with van der Waals surface area (Å²) in [6.07, 6.45) is 3.86. The zero-order valence-electron chi connectivity index (χ0n) is 11.1. The Morgan fingerprint density at radius 1 is 1.57 bits per heavy atom. The van der Waals surface area contributed by atoms with E-state index in [2.05, 4.69) is 20.0 Å². The molecule has 3 rings (SSSR count). The fourth-order valence-electron chi connectivity index (χ4n) is 2.28. The number of carbonyl (C=O) groups excluding carboxylic acids is 1. The molecule has 1 saturated heterocycles. The third-order valence-corrected chi connectivity index (χ3v) is 4.15. The predicted molar refractivity (Wildman–Crippen MR) is 79.8 cm³/mol. The molecular weight excluding hydrogens is 288 g/mol. The molecule has 1 aliphatic heterocycles. The highest BCUT2D eigenvalue weighted by Crippen LogP contribution is 2.31. The van der Waals surface area contributed by atoms with E-state index < -0.39 is 0 Å². The van der Waals surface area contributed by atoms with Gasteiger partial charge in [-0.1, -0.05) is 5.11 Å². The standard InChI is InChI=1S/C13H12N6OS/c14-18-16-5-9-4-12(20)19(7-9)13-17-11(8-21-13)10-2-1-3-15-6-10/h1-3,6,8-9H,4-5,7H2. The highest BCUT2D eigenvalue weighted by molar-refractivity contribution is 7.14. The molecule has 3 heterocycles. The number of anilines is 1. The quantitative estimate of drug-likeness (QED) is 0.493. The first kappa shape index (κ1) is 13.5. The van der Waals surface area contributed by atoms with Crippen LogP contribution in [0, 0.1) is 5.92 Å². The predicted octanol–water partition coefficient (Wildman–Crippen LogP) is 2.87. The Kier molecular flexibility index (Phi) is 3.81. The van der Waals surface area contributed by atoms with Gasteiger partial charge in [-0.2, -0.15) is 0 Å². The summed E-state index contributed by atoms with van der Waals surface area (Å²) in [6, 6.07) is 3.79. The summed E-state index contributed by atoms with van der Waals surface area (Å²) in [5.41, 5.74) is 10.1. The Morgan fingerprint density at radius 3 is 3.24 bits per heavy atom. The maximum Gasteiger partial charge on any atom is 0.229 e. The van der Waals surface area contributed by atoms with E-state index in [0.717, 1.165) is 11.3 Å². The Morgan fingerprint density at radius 2 is 2.48 bits per heavy atom. The maximum absolute atomic E-state index is 12.0. The number of nitrogens with zero attached hydrogens (tertiary/aromatic N) is 6. The van der Waals surface area contributed by atoms with Crippen molar-refractivity contribution in [3.63, 3.8) is 0 Å². The Bertz CT molecular complexity index is 694. The van der Waals surface area contributed by atoms with Gasteiger partial charge >= 0.3 is 0 Å². The van der Waals surface area contributed by atoms with Gasteiger partial charge in [0.2, 0.25) is 5.91 Å². The molecule has 2 aromatic heterocycles. The van der Waals surface area contributed by atoms with Gasteiger partial charge in [0, 0.05) is 47.8 Å². The van der Waals surface area contributed by atoms with Crippen molar-refractivity contribution in [1.29, 1.82) is 0 Å². The highest BCUT2D eigenvalue weighted by Gasteiger charge is 2.31. The number of aromatic nitrogens is 2. The number of hydrogen-bond donors (Lipinski definition) is 0. The van der Waals surface area contributed by atoms with Crippen LogP contribution < -0.4 is 4.90 Å². The SMILES string of the molecule is [N-]=[N+]=NCC1CC(=O)N(c2nc(-c3cccnc3)cs2)C1.